The summed E-state index contributed by atoms with van der Waals surface area (Å²) in [4.78, 5) is 90.9. The van der Waals surface area contributed by atoms with Gasteiger partial charge in [0.1, 0.15) is 29.3 Å². The Morgan fingerprint density at radius 2 is 1.64 bits per heavy atom. The molecule has 0 radical (unpaired) electrons. The van der Waals surface area contributed by atoms with Gasteiger partial charge in [-0.15, -0.1) is 12.4 Å². The molecule has 7 rings (SSSR count). The third-order valence-electron chi connectivity index (χ3n) is 12.5. The van der Waals surface area contributed by atoms with Crippen LogP contribution in [0.2, 0.25) is 0 Å². The highest BCUT2D eigenvalue weighted by molar-refractivity contribution is 9.10. The van der Waals surface area contributed by atoms with Crippen LogP contribution in [-0.2, 0) is 52.9 Å². The number of hydrogen-bond donors (Lipinski definition) is 4. The predicted octanol–water partition coefficient (Wildman–Crippen LogP) is 4.96. The lowest BCUT2D eigenvalue weighted by atomic mass is 10.0. The van der Waals surface area contributed by atoms with E-state index in [1.54, 1.807) is 55.6 Å². The van der Waals surface area contributed by atoms with Crippen molar-refractivity contribution in [3.63, 3.8) is 0 Å². The third kappa shape index (κ3) is 14.3. The van der Waals surface area contributed by atoms with Gasteiger partial charge in [0.2, 0.25) is 23.6 Å². The van der Waals surface area contributed by atoms with Crippen LogP contribution in [0.5, 0.6) is 5.75 Å². The van der Waals surface area contributed by atoms with Gasteiger partial charge in [-0.25, -0.2) is 9.97 Å². The van der Waals surface area contributed by atoms with Crippen LogP contribution < -0.4 is 35.8 Å². The van der Waals surface area contributed by atoms with Crippen LogP contribution in [0.25, 0.3) is 0 Å². The number of halogens is 2. The molecule has 4 aromatic rings. The van der Waals surface area contributed by atoms with Crippen LogP contribution in [0, 0.1) is 0 Å². The lowest BCUT2D eigenvalue weighted by molar-refractivity contribution is -0.137. The maximum Gasteiger partial charge on any atom is 0.255 e. The lowest BCUT2D eigenvalue weighted by Crippen LogP contribution is -2.52. The number of carbonyl (C=O) groups is 6. The van der Waals surface area contributed by atoms with Crippen LogP contribution in [0.3, 0.4) is 0 Å². The minimum absolute atomic E-state index is 0. The number of rotatable bonds is 26. The first-order valence-corrected chi connectivity index (χ1v) is 24.8. The maximum absolute atomic E-state index is 13.3. The standard InChI is InChI=1S/C51H62BrN9O10.ClH/c1-4-40-51(67)59(2)42-30-55-44(57-47(42)60(40)31-33-11-15-36(52)16-12-33)29-34-13-14-35(28-43(34)68-3)48(64)54-21-23-70-25-27-71-26-24-69-22-20-53-19-6-5-10-45(62)56-39-9-7-8-37-38(39)32-61(50(37)66)41-17-18-46(63)58-49(41)65;/h7-9,11-16,28,30,40-41,53H,4-6,10,17-27,29,31-32H2,1-3H3,(H,54,64)(H,56,62)(H,58,63,65);1H/t40-,41?;/m1./s1. The van der Waals surface area contributed by atoms with Crippen molar-refractivity contribution >= 4 is 81.0 Å². The summed E-state index contributed by atoms with van der Waals surface area (Å²) in [5.41, 5.74) is 4.65. The molecule has 3 aliphatic heterocycles. The zero-order valence-corrected chi connectivity index (χ0v) is 43.2. The lowest BCUT2D eigenvalue weighted by Gasteiger charge is -2.40. The zero-order chi connectivity index (χ0) is 50.3. The average Bonchev–Trinajstić information content (AvgIpc) is 3.70. The number of carbonyl (C=O) groups excluding carboxylic acids is 6. The number of piperidine rings is 1. The van der Waals surface area contributed by atoms with Crippen LogP contribution in [0.15, 0.2) is 71.3 Å². The molecule has 4 heterocycles. The molecular formula is C51H63BrClN9O10. The van der Waals surface area contributed by atoms with E-state index in [-0.39, 0.29) is 67.4 Å². The molecule has 0 spiro atoms. The number of nitrogens with one attached hydrogen (secondary N) is 4. The molecule has 21 heteroatoms. The van der Waals surface area contributed by atoms with Gasteiger partial charge in [0, 0.05) is 84.9 Å². The van der Waals surface area contributed by atoms with Crippen LogP contribution in [0.4, 0.5) is 17.2 Å². The monoisotopic (exact) mass is 1080 g/mol. The fourth-order valence-corrected chi connectivity index (χ4v) is 8.99. The molecule has 3 aromatic carbocycles. The van der Waals surface area contributed by atoms with Crippen molar-refractivity contribution in [1.82, 2.24) is 30.8 Å². The average molecular weight is 1080 g/mol. The second-order valence-corrected chi connectivity index (χ2v) is 18.3. The van der Waals surface area contributed by atoms with E-state index in [1.165, 1.54) is 4.90 Å². The number of imide groups is 1. The number of hydrogen-bond acceptors (Lipinski definition) is 14. The minimum Gasteiger partial charge on any atom is -0.496 e. The Kier molecular flexibility index (Phi) is 20.8. The fraction of sp³-hybridized carbons (Fsp3) is 0.451. The van der Waals surface area contributed by atoms with Gasteiger partial charge in [0.05, 0.1) is 52.9 Å². The fourth-order valence-electron chi connectivity index (χ4n) is 8.73. The number of unbranched alkanes of at least 4 members (excludes halogenated alkanes) is 1. The molecule has 2 atom stereocenters. The first-order chi connectivity index (χ1) is 34.4. The molecule has 0 aliphatic carbocycles. The largest absolute Gasteiger partial charge is 0.496 e. The van der Waals surface area contributed by atoms with Gasteiger partial charge in [-0.05, 0) is 74.2 Å². The van der Waals surface area contributed by atoms with Gasteiger partial charge in [-0.1, -0.05) is 47.1 Å². The summed E-state index contributed by atoms with van der Waals surface area (Å²) < 4.78 is 23.5. The Hall–Kier alpha value is -6.03. The number of amides is 6. The van der Waals surface area contributed by atoms with E-state index in [0.29, 0.717) is 130 Å². The molecule has 3 aliphatic rings. The first kappa shape index (κ1) is 55.3. The highest BCUT2D eigenvalue weighted by Crippen LogP contribution is 2.36. The van der Waals surface area contributed by atoms with Gasteiger partial charge in [-0.2, -0.15) is 0 Å². The highest BCUT2D eigenvalue weighted by atomic mass is 79.9. The Labute approximate surface area is 434 Å². The number of nitrogens with zero attached hydrogens (tertiary/aromatic N) is 5. The number of benzene rings is 3. The number of methoxy groups -OCH3 is 1. The summed E-state index contributed by atoms with van der Waals surface area (Å²) in [5.74, 6) is 0.281. The summed E-state index contributed by atoms with van der Waals surface area (Å²) in [7, 11) is 3.32. The van der Waals surface area contributed by atoms with E-state index >= 15 is 0 Å². The SMILES string of the molecule is CC[C@@H]1C(=O)N(C)c2cnc(Cc3ccc(C(=O)NCCOCCOCCOCCNCCCCC(=O)Nc4cccc5c4CN(C4CCC(=O)NC4=O)C5=O)cc3OC)nc2N1Cc1ccc(Br)cc1.Cl. The van der Waals surface area contributed by atoms with Crippen LogP contribution in [-0.4, -0.2) is 136 Å². The Bertz CT molecular complexity index is 2550. The highest BCUT2D eigenvalue weighted by Gasteiger charge is 2.40. The minimum atomic E-state index is -0.715. The van der Waals surface area contributed by atoms with E-state index in [1.807, 2.05) is 37.3 Å². The molecule has 1 saturated heterocycles. The van der Waals surface area contributed by atoms with Crippen molar-refractivity contribution in [3.8, 4) is 5.75 Å². The van der Waals surface area contributed by atoms with Crippen molar-refractivity contribution in [2.75, 3.05) is 88.5 Å². The van der Waals surface area contributed by atoms with E-state index in [4.69, 9.17) is 23.9 Å². The maximum atomic E-state index is 13.3. The van der Waals surface area contributed by atoms with Crippen molar-refractivity contribution in [1.29, 1.82) is 0 Å². The topological polar surface area (TPSA) is 223 Å². The molecule has 1 aromatic heterocycles. The Morgan fingerprint density at radius 1 is 0.903 bits per heavy atom. The number of fused-ring (bicyclic) bond motifs is 2. The van der Waals surface area contributed by atoms with Gasteiger partial charge < -0.3 is 49.6 Å². The van der Waals surface area contributed by atoms with Gasteiger partial charge in [0.15, 0.2) is 5.82 Å². The molecule has 386 valence electrons. The molecule has 4 N–H and O–H groups in total. The first-order valence-electron chi connectivity index (χ1n) is 24.1. The van der Waals surface area contributed by atoms with Crippen molar-refractivity contribution in [3.05, 3.63) is 105 Å². The third-order valence-corrected chi connectivity index (χ3v) is 13.1. The Balaban J connectivity index is 0.00000847. The number of ether oxygens (including phenoxy) is 4. The molecule has 0 bridgehead atoms. The van der Waals surface area contributed by atoms with E-state index in [0.717, 1.165) is 28.6 Å². The smallest absolute Gasteiger partial charge is 0.255 e. The summed E-state index contributed by atoms with van der Waals surface area (Å²) in [5, 5.41) is 11.4. The molecule has 0 saturated carbocycles. The van der Waals surface area contributed by atoms with Gasteiger partial charge in [-0.3, -0.25) is 34.1 Å². The Morgan fingerprint density at radius 3 is 2.36 bits per heavy atom. The zero-order valence-electron chi connectivity index (χ0n) is 40.8. The predicted molar refractivity (Wildman–Crippen MR) is 276 cm³/mol. The number of anilines is 3. The quantitative estimate of drug-likeness (QED) is 0.0483. The molecule has 1 fully saturated rings. The van der Waals surface area contributed by atoms with Crippen molar-refractivity contribution < 1.29 is 47.7 Å². The normalized spacial score (nSPS) is 16.2. The second kappa shape index (κ2) is 27.1. The van der Waals surface area contributed by atoms with E-state index < -0.39 is 11.9 Å². The van der Waals surface area contributed by atoms with Crippen molar-refractivity contribution in [2.45, 2.75) is 77.0 Å². The molecule has 1 unspecified atom stereocenters. The van der Waals surface area contributed by atoms with Crippen LogP contribution >= 0.6 is 28.3 Å². The second-order valence-electron chi connectivity index (χ2n) is 17.4. The van der Waals surface area contributed by atoms with Crippen LogP contribution in [0.1, 0.15) is 88.7 Å². The van der Waals surface area contributed by atoms with Gasteiger partial charge >= 0.3 is 0 Å². The summed E-state index contributed by atoms with van der Waals surface area (Å²) in [6, 6.07) is 17.4. The molecule has 19 nitrogen and oxygen atoms in total. The number of aromatic nitrogens is 2. The molecular weight excluding hydrogens is 1010 g/mol. The molecule has 6 amide bonds. The van der Waals surface area contributed by atoms with E-state index in [2.05, 4.69) is 47.1 Å². The van der Waals surface area contributed by atoms with Crippen molar-refractivity contribution in [2.24, 2.45) is 0 Å². The number of likely N-dealkylation sites (N-methyl/N-ethyl adjacent to an activating group) is 1. The van der Waals surface area contributed by atoms with E-state index in [9.17, 15) is 28.8 Å². The molecule has 72 heavy (non-hydrogen) atoms. The van der Waals surface area contributed by atoms with Gasteiger partial charge in [0.25, 0.3) is 11.8 Å². The summed E-state index contributed by atoms with van der Waals surface area (Å²) in [6.45, 7) is 6.85. The summed E-state index contributed by atoms with van der Waals surface area (Å²) in [6.07, 6.45) is 4.92. The summed E-state index contributed by atoms with van der Waals surface area (Å²) >= 11 is 3.50.